The second kappa shape index (κ2) is 7.07. The molecule has 0 aliphatic carbocycles. The zero-order valence-corrected chi connectivity index (χ0v) is 13.5. The van der Waals surface area contributed by atoms with Crippen molar-refractivity contribution in [1.29, 1.82) is 0 Å². The van der Waals surface area contributed by atoms with E-state index < -0.39 is 0 Å². The van der Waals surface area contributed by atoms with Crippen LogP contribution >= 0.6 is 23.2 Å². The van der Waals surface area contributed by atoms with Crippen LogP contribution in [-0.4, -0.2) is 41.1 Å². The number of ketones is 1. The third-order valence-corrected chi connectivity index (χ3v) is 3.62. The minimum absolute atomic E-state index is 0.0430. The first kappa shape index (κ1) is 16.0. The summed E-state index contributed by atoms with van der Waals surface area (Å²) >= 11 is 12.0. The highest BCUT2D eigenvalue weighted by Crippen LogP contribution is 2.18. The van der Waals surface area contributed by atoms with Crippen LogP contribution in [0.2, 0.25) is 10.0 Å². The average molecular weight is 326 g/mol. The lowest BCUT2D eigenvalue weighted by Crippen LogP contribution is -2.22. The Morgan fingerprint density at radius 2 is 1.90 bits per heavy atom. The number of rotatable bonds is 6. The zero-order chi connectivity index (χ0) is 15.4. The highest BCUT2D eigenvalue weighted by atomic mass is 35.5. The Kier molecular flexibility index (Phi) is 5.39. The van der Waals surface area contributed by atoms with Crippen LogP contribution in [0.3, 0.4) is 0 Å². The van der Waals surface area contributed by atoms with Gasteiger partial charge in [-0.15, -0.1) is 0 Å². The Morgan fingerprint density at radius 1 is 1.24 bits per heavy atom. The molecular weight excluding hydrogens is 309 g/mol. The molecule has 0 radical (unpaired) electrons. The third-order valence-electron chi connectivity index (χ3n) is 3.10. The predicted octanol–water partition coefficient (Wildman–Crippen LogP) is 3.18. The van der Waals surface area contributed by atoms with Crippen molar-refractivity contribution >= 4 is 29.0 Å². The van der Waals surface area contributed by atoms with E-state index in [4.69, 9.17) is 23.2 Å². The molecule has 1 aromatic carbocycles. The molecule has 0 bridgehead atoms. The molecule has 0 spiro atoms. The van der Waals surface area contributed by atoms with Crippen LogP contribution in [0.25, 0.3) is 0 Å². The van der Waals surface area contributed by atoms with Gasteiger partial charge in [0, 0.05) is 18.0 Å². The highest BCUT2D eigenvalue weighted by Gasteiger charge is 2.17. The van der Waals surface area contributed by atoms with Crippen LogP contribution < -0.4 is 0 Å². The minimum atomic E-state index is -0.0430. The summed E-state index contributed by atoms with van der Waals surface area (Å²) in [6.45, 7) is 1.42. The molecule has 2 rings (SSSR count). The summed E-state index contributed by atoms with van der Waals surface area (Å²) in [6.07, 6.45) is 1.80. The molecule has 2 aromatic rings. The lowest BCUT2D eigenvalue weighted by Gasteiger charge is -2.11. The van der Waals surface area contributed by atoms with Crippen molar-refractivity contribution in [3.05, 3.63) is 51.8 Å². The van der Waals surface area contributed by atoms with Gasteiger partial charge in [-0.3, -0.25) is 9.48 Å². The molecular formula is C15H17Cl2N3O. The van der Waals surface area contributed by atoms with Gasteiger partial charge in [0.15, 0.2) is 5.78 Å². The highest BCUT2D eigenvalue weighted by molar-refractivity contribution is 6.33. The Hall–Kier alpha value is -1.36. The number of carbonyl (C=O) groups excluding carboxylic acids is 1. The van der Waals surface area contributed by atoms with Crippen molar-refractivity contribution in [2.24, 2.45) is 0 Å². The Morgan fingerprint density at radius 3 is 2.52 bits per heavy atom. The number of nitrogens with zero attached hydrogens (tertiary/aromatic N) is 3. The Labute approximate surface area is 134 Å². The fourth-order valence-electron chi connectivity index (χ4n) is 1.98. The fourth-order valence-corrected chi connectivity index (χ4v) is 2.35. The molecule has 6 heteroatoms. The van der Waals surface area contributed by atoms with Crippen molar-refractivity contribution in [3.63, 3.8) is 0 Å². The molecule has 0 atom stereocenters. The maximum atomic E-state index is 12.5. The number of aromatic nitrogens is 2. The van der Waals surface area contributed by atoms with E-state index >= 15 is 0 Å². The zero-order valence-electron chi connectivity index (χ0n) is 12.0. The number of hydrogen-bond donors (Lipinski definition) is 0. The van der Waals surface area contributed by atoms with Crippen LogP contribution in [0, 0.1) is 0 Å². The maximum Gasteiger partial charge on any atom is 0.186 e. The molecule has 0 N–H and O–H groups in total. The standard InChI is InChI=1S/C15H17Cl2N3O/c1-19(2)7-8-20-15(13(17)10-18-20)14(21)9-11-3-5-12(16)6-4-11/h3-6,10H,7-9H2,1-2H3. The van der Waals surface area contributed by atoms with Gasteiger partial charge < -0.3 is 4.90 Å². The smallest absolute Gasteiger partial charge is 0.186 e. The fraction of sp³-hybridized carbons (Fsp3) is 0.333. The topological polar surface area (TPSA) is 38.1 Å². The van der Waals surface area contributed by atoms with Gasteiger partial charge in [-0.1, -0.05) is 35.3 Å². The average Bonchev–Trinajstić information content (AvgIpc) is 2.80. The number of halogens is 2. The van der Waals surface area contributed by atoms with E-state index in [-0.39, 0.29) is 12.2 Å². The number of hydrogen-bond acceptors (Lipinski definition) is 3. The number of benzene rings is 1. The molecule has 1 aromatic heterocycles. The van der Waals surface area contributed by atoms with Gasteiger partial charge >= 0.3 is 0 Å². The van der Waals surface area contributed by atoms with Crippen LogP contribution in [-0.2, 0) is 13.0 Å². The largest absolute Gasteiger partial charge is 0.308 e. The summed E-state index contributed by atoms with van der Waals surface area (Å²) in [6, 6.07) is 7.23. The third kappa shape index (κ3) is 4.30. The quantitative estimate of drug-likeness (QED) is 0.765. The second-order valence-electron chi connectivity index (χ2n) is 5.09. The molecule has 0 amide bonds. The van der Waals surface area contributed by atoms with E-state index in [2.05, 4.69) is 5.10 Å². The van der Waals surface area contributed by atoms with Crippen molar-refractivity contribution in [3.8, 4) is 0 Å². The molecule has 0 unspecified atom stereocenters. The molecule has 21 heavy (non-hydrogen) atoms. The summed E-state index contributed by atoms with van der Waals surface area (Å²) in [4.78, 5) is 14.5. The van der Waals surface area contributed by atoms with E-state index in [0.29, 0.717) is 22.3 Å². The van der Waals surface area contributed by atoms with Gasteiger partial charge in [-0.2, -0.15) is 5.10 Å². The van der Waals surface area contributed by atoms with Gasteiger partial charge in [0.1, 0.15) is 5.69 Å². The number of Topliss-reactive ketones (excluding diaryl/α,β-unsaturated/α-hetero) is 1. The van der Waals surface area contributed by atoms with Gasteiger partial charge in [-0.25, -0.2) is 0 Å². The van der Waals surface area contributed by atoms with Crippen molar-refractivity contribution in [2.45, 2.75) is 13.0 Å². The Balaban J connectivity index is 2.14. The summed E-state index contributed by atoms with van der Waals surface area (Å²) in [5, 5.41) is 5.23. The van der Waals surface area contributed by atoms with E-state index in [0.717, 1.165) is 12.1 Å². The first-order valence-corrected chi connectivity index (χ1v) is 7.36. The SMILES string of the molecule is CN(C)CCn1ncc(Cl)c1C(=O)Cc1ccc(Cl)cc1. The molecule has 4 nitrogen and oxygen atoms in total. The molecule has 0 fully saturated rings. The molecule has 0 saturated heterocycles. The van der Waals surface area contributed by atoms with Gasteiger partial charge in [0.25, 0.3) is 0 Å². The summed E-state index contributed by atoms with van der Waals surface area (Å²) < 4.78 is 1.67. The molecule has 112 valence electrons. The van der Waals surface area contributed by atoms with E-state index in [1.54, 1.807) is 16.8 Å². The summed E-state index contributed by atoms with van der Waals surface area (Å²) in [5.74, 6) is -0.0430. The van der Waals surface area contributed by atoms with Gasteiger partial charge in [0.2, 0.25) is 0 Å². The number of carbonyl (C=O) groups is 1. The first-order chi connectivity index (χ1) is 9.97. The minimum Gasteiger partial charge on any atom is -0.308 e. The monoisotopic (exact) mass is 325 g/mol. The lowest BCUT2D eigenvalue weighted by atomic mass is 10.1. The van der Waals surface area contributed by atoms with E-state index in [1.165, 1.54) is 6.20 Å². The molecule has 0 aliphatic rings. The van der Waals surface area contributed by atoms with Crippen LogP contribution in [0.15, 0.2) is 30.5 Å². The van der Waals surface area contributed by atoms with Crippen LogP contribution in [0.5, 0.6) is 0 Å². The Bertz CT molecular complexity index is 620. The summed E-state index contributed by atoms with van der Waals surface area (Å²) in [7, 11) is 3.95. The van der Waals surface area contributed by atoms with Gasteiger partial charge in [-0.05, 0) is 31.8 Å². The molecule has 0 saturated carbocycles. The second-order valence-corrected chi connectivity index (χ2v) is 5.94. The van der Waals surface area contributed by atoms with Gasteiger partial charge in [0.05, 0.1) is 17.8 Å². The van der Waals surface area contributed by atoms with Crippen molar-refractivity contribution in [1.82, 2.24) is 14.7 Å². The van der Waals surface area contributed by atoms with E-state index in [9.17, 15) is 4.79 Å². The number of likely N-dealkylation sites (N-methyl/N-ethyl adjacent to an activating group) is 1. The molecule has 0 aliphatic heterocycles. The maximum absolute atomic E-state index is 12.5. The lowest BCUT2D eigenvalue weighted by molar-refractivity contribution is 0.0982. The van der Waals surface area contributed by atoms with Crippen molar-refractivity contribution in [2.75, 3.05) is 20.6 Å². The van der Waals surface area contributed by atoms with Crippen LogP contribution in [0.1, 0.15) is 16.1 Å². The summed E-state index contributed by atoms with van der Waals surface area (Å²) in [5.41, 5.74) is 1.37. The van der Waals surface area contributed by atoms with E-state index in [1.807, 2.05) is 31.1 Å². The van der Waals surface area contributed by atoms with Crippen molar-refractivity contribution < 1.29 is 4.79 Å². The normalized spacial score (nSPS) is 11.1. The predicted molar refractivity (Wildman–Crippen MR) is 85.3 cm³/mol. The van der Waals surface area contributed by atoms with Crippen LogP contribution in [0.4, 0.5) is 0 Å². The molecule has 1 heterocycles. The first-order valence-electron chi connectivity index (χ1n) is 6.61.